The summed E-state index contributed by atoms with van der Waals surface area (Å²) in [7, 11) is 1.95. The number of carbonyl (C=O) groups is 1. The number of guanidine groups is 1. The first kappa shape index (κ1) is 22.3. The second-order valence-corrected chi connectivity index (χ2v) is 7.71. The maximum absolute atomic E-state index is 12.9. The summed E-state index contributed by atoms with van der Waals surface area (Å²) in [4.78, 5) is 17.6. The molecule has 6 heteroatoms. The smallest absolute Gasteiger partial charge is 0.257 e. The molecule has 0 unspecified atom stereocenters. The highest BCUT2D eigenvalue weighted by Gasteiger charge is 2.12. The number of benzene rings is 2. The highest BCUT2D eigenvalue weighted by molar-refractivity contribution is 6.10. The number of para-hydroxylation sites is 1. The molecule has 1 aromatic heterocycles. The normalized spacial score (nSPS) is 11.5. The van der Waals surface area contributed by atoms with Crippen molar-refractivity contribution in [2.24, 2.45) is 12.0 Å². The van der Waals surface area contributed by atoms with Crippen molar-refractivity contribution < 1.29 is 4.79 Å². The Kier molecular flexibility index (Phi) is 7.23. The molecule has 0 atom stereocenters. The van der Waals surface area contributed by atoms with E-state index in [0.29, 0.717) is 18.1 Å². The minimum atomic E-state index is -0.183. The Bertz CT molecular complexity index is 1100. The number of carbonyl (C=O) groups excluding carboxylic acids is 1. The number of rotatable bonds is 6. The van der Waals surface area contributed by atoms with Crippen LogP contribution < -0.4 is 10.6 Å². The van der Waals surface area contributed by atoms with Gasteiger partial charge < -0.3 is 5.32 Å². The van der Waals surface area contributed by atoms with Crippen LogP contribution in [0.3, 0.4) is 0 Å². The molecular formula is C25H31N5O. The SMILES string of the molecule is CCc1ccccc1NC(=NCCc1c(C)nn(C)c1C)NC(=O)c1cccc(C)c1. The number of aromatic nitrogens is 2. The Morgan fingerprint density at radius 2 is 1.87 bits per heavy atom. The van der Waals surface area contributed by atoms with Gasteiger partial charge in [-0.25, -0.2) is 0 Å². The molecule has 31 heavy (non-hydrogen) atoms. The van der Waals surface area contributed by atoms with Crippen LogP contribution in [0.2, 0.25) is 0 Å². The molecule has 3 rings (SSSR count). The van der Waals surface area contributed by atoms with Gasteiger partial charge >= 0.3 is 0 Å². The van der Waals surface area contributed by atoms with Crippen molar-refractivity contribution in [1.82, 2.24) is 15.1 Å². The first-order valence-electron chi connectivity index (χ1n) is 10.7. The molecule has 0 saturated carbocycles. The van der Waals surface area contributed by atoms with E-state index < -0.39 is 0 Å². The molecule has 162 valence electrons. The number of nitrogens with zero attached hydrogens (tertiary/aromatic N) is 3. The predicted molar refractivity (Wildman–Crippen MR) is 127 cm³/mol. The zero-order chi connectivity index (χ0) is 22.4. The van der Waals surface area contributed by atoms with E-state index in [0.717, 1.165) is 35.5 Å². The maximum Gasteiger partial charge on any atom is 0.257 e. The molecule has 3 aromatic rings. The zero-order valence-corrected chi connectivity index (χ0v) is 19.0. The third-order valence-corrected chi connectivity index (χ3v) is 5.45. The van der Waals surface area contributed by atoms with E-state index in [1.54, 1.807) is 0 Å². The van der Waals surface area contributed by atoms with Gasteiger partial charge in [0.25, 0.3) is 5.91 Å². The van der Waals surface area contributed by atoms with E-state index in [4.69, 9.17) is 4.99 Å². The molecule has 0 spiro atoms. The predicted octanol–water partition coefficient (Wildman–Crippen LogP) is 4.35. The quantitative estimate of drug-likeness (QED) is 0.463. The summed E-state index contributed by atoms with van der Waals surface area (Å²) >= 11 is 0. The van der Waals surface area contributed by atoms with E-state index in [-0.39, 0.29) is 5.91 Å². The molecule has 2 N–H and O–H groups in total. The summed E-state index contributed by atoms with van der Waals surface area (Å²) < 4.78 is 1.89. The standard InChI is InChI=1S/C25H31N5O/c1-6-20-11-7-8-13-23(20)27-25(28-24(31)21-12-9-10-17(2)16-21)26-15-14-22-18(3)29-30(5)19(22)4/h7-13,16H,6,14-15H2,1-5H3,(H2,26,27,28,31). The van der Waals surface area contributed by atoms with E-state index in [9.17, 15) is 4.79 Å². The van der Waals surface area contributed by atoms with Gasteiger partial charge in [0.2, 0.25) is 5.96 Å². The van der Waals surface area contributed by atoms with Gasteiger partial charge in [-0.3, -0.25) is 19.8 Å². The molecule has 0 aliphatic heterocycles. The second kappa shape index (κ2) is 10.1. The van der Waals surface area contributed by atoms with Crippen molar-refractivity contribution in [2.45, 2.75) is 40.5 Å². The first-order chi connectivity index (χ1) is 14.9. The zero-order valence-electron chi connectivity index (χ0n) is 19.0. The van der Waals surface area contributed by atoms with Gasteiger partial charge in [-0.15, -0.1) is 0 Å². The second-order valence-electron chi connectivity index (χ2n) is 7.71. The number of aryl methyl sites for hydroxylation is 4. The third-order valence-electron chi connectivity index (χ3n) is 5.45. The largest absolute Gasteiger partial charge is 0.326 e. The van der Waals surface area contributed by atoms with Gasteiger partial charge in [0.05, 0.1) is 5.69 Å². The molecule has 1 amide bonds. The molecule has 1 heterocycles. The Labute approximate surface area is 184 Å². The summed E-state index contributed by atoms with van der Waals surface area (Å²) in [5.41, 5.74) is 7.12. The van der Waals surface area contributed by atoms with E-state index in [1.165, 1.54) is 11.1 Å². The highest BCUT2D eigenvalue weighted by Crippen LogP contribution is 2.16. The van der Waals surface area contributed by atoms with Crippen molar-refractivity contribution in [2.75, 3.05) is 11.9 Å². The van der Waals surface area contributed by atoms with Gasteiger partial charge in [0, 0.05) is 30.5 Å². The number of hydrogen-bond donors (Lipinski definition) is 2. The number of hydrogen-bond acceptors (Lipinski definition) is 3. The molecule has 0 aliphatic rings. The minimum absolute atomic E-state index is 0.183. The molecule has 6 nitrogen and oxygen atoms in total. The van der Waals surface area contributed by atoms with Crippen molar-refractivity contribution >= 4 is 17.6 Å². The molecule has 0 fully saturated rings. The topological polar surface area (TPSA) is 71.3 Å². The van der Waals surface area contributed by atoms with Crippen LogP contribution in [0.15, 0.2) is 53.5 Å². The Morgan fingerprint density at radius 1 is 1.10 bits per heavy atom. The molecule has 0 bridgehead atoms. The number of amides is 1. The van der Waals surface area contributed by atoms with Crippen molar-refractivity contribution in [1.29, 1.82) is 0 Å². The third kappa shape index (κ3) is 5.60. The van der Waals surface area contributed by atoms with Crippen LogP contribution in [0.1, 0.15) is 45.4 Å². The lowest BCUT2D eigenvalue weighted by atomic mass is 10.1. The highest BCUT2D eigenvalue weighted by atomic mass is 16.1. The van der Waals surface area contributed by atoms with E-state index >= 15 is 0 Å². The molecule has 0 saturated heterocycles. The average Bonchev–Trinajstić information content (AvgIpc) is 2.99. The fourth-order valence-corrected chi connectivity index (χ4v) is 3.61. The lowest BCUT2D eigenvalue weighted by molar-refractivity contribution is 0.0977. The lowest BCUT2D eigenvalue weighted by Gasteiger charge is -2.15. The number of anilines is 1. The molecule has 2 aromatic carbocycles. The number of aliphatic imine (C=N–C) groups is 1. The summed E-state index contributed by atoms with van der Waals surface area (Å²) in [5.74, 6) is 0.268. The van der Waals surface area contributed by atoms with Gasteiger partial charge in [0.1, 0.15) is 0 Å². The average molecular weight is 418 g/mol. The van der Waals surface area contributed by atoms with Crippen LogP contribution in [0.25, 0.3) is 0 Å². The summed E-state index contributed by atoms with van der Waals surface area (Å²) in [6.07, 6.45) is 1.64. The first-order valence-corrected chi connectivity index (χ1v) is 10.7. The summed E-state index contributed by atoms with van der Waals surface area (Å²) in [6, 6.07) is 15.6. The van der Waals surface area contributed by atoms with Crippen molar-refractivity contribution in [3.05, 3.63) is 82.2 Å². The Morgan fingerprint density at radius 3 is 2.55 bits per heavy atom. The Balaban J connectivity index is 1.82. The van der Waals surface area contributed by atoms with Crippen LogP contribution in [0, 0.1) is 20.8 Å². The van der Waals surface area contributed by atoms with Crippen LogP contribution in [-0.2, 0) is 19.9 Å². The van der Waals surface area contributed by atoms with Crippen LogP contribution >= 0.6 is 0 Å². The van der Waals surface area contributed by atoms with Gasteiger partial charge in [0.15, 0.2) is 0 Å². The summed E-state index contributed by atoms with van der Waals surface area (Å²) in [6.45, 7) is 8.70. The van der Waals surface area contributed by atoms with Gasteiger partial charge in [-0.05, 0) is 62.9 Å². The molecule has 0 aliphatic carbocycles. The number of nitrogens with one attached hydrogen (secondary N) is 2. The molecular weight excluding hydrogens is 386 g/mol. The van der Waals surface area contributed by atoms with E-state index in [1.807, 2.05) is 68.0 Å². The van der Waals surface area contributed by atoms with E-state index in [2.05, 4.69) is 35.6 Å². The molecule has 0 radical (unpaired) electrons. The van der Waals surface area contributed by atoms with Gasteiger partial charge in [-0.1, -0.05) is 42.8 Å². The summed E-state index contributed by atoms with van der Waals surface area (Å²) in [5, 5.41) is 10.8. The maximum atomic E-state index is 12.9. The van der Waals surface area contributed by atoms with Crippen LogP contribution in [0.4, 0.5) is 5.69 Å². The fourth-order valence-electron chi connectivity index (χ4n) is 3.61. The van der Waals surface area contributed by atoms with Gasteiger partial charge in [-0.2, -0.15) is 5.10 Å². The van der Waals surface area contributed by atoms with Crippen molar-refractivity contribution in [3.63, 3.8) is 0 Å². The monoisotopic (exact) mass is 417 g/mol. The van der Waals surface area contributed by atoms with Crippen LogP contribution in [-0.4, -0.2) is 28.2 Å². The lowest BCUT2D eigenvalue weighted by Crippen LogP contribution is -2.36. The Hall–Kier alpha value is -3.41. The fraction of sp³-hybridized carbons (Fsp3) is 0.320. The minimum Gasteiger partial charge on any atom is -0.326 e. The van der Waals surface area contributed by atoms with Crippen molar-refractivity contribution in [3.8, 4) is 0 Å². The van der Waals surface area contributed by atoms with Crippen LogP contribution in [0.5, 0.6) is 0 Å².